The van der Waals surface area contributed by atoms with Gasteiger partial charge in [-0.05, 0) is 19.1 Å². The second-order valence-corrected chi connectivity index (χ2v) is 9.02. The van der Waals surface area contributed by atoms with Crippen molar-refractivity contribution in [3.63, 3.8) is 0 Å². The summed E-state index contributed by atoms with van der Waals surface area (Å²) in [6.45, 7) is 7.30. The van der Waals surface area contributed by atoms with Crippen LogP contribution in [0, 0.1) is 18.6 Å². The average Bonchev–Trinajstić information content (AvgIpc) is 3.16. The van der Waals surface area contributed by atoms with Gasteiger partial charge in [0.05, 0.1) is 11.9 Å². The molecule has 3 aromatic rings. The quantitative estimate of drug-likeness (QED) is 0.549. The number of nitrogens with zero attached hydrogens (tertiary/aromatic N) is 7. The highest BCUT2D eigenvalue weighted by Gasteiger charge is 2.25. The van der Waals surface area contributed by atoms with Crippen LogP contribution in [0.2, 0.25) is 0 Å². The summed E-state index contributed by atoms with van der Waals surface area (Å²) in [6, 6.07) is 5.69. The number of anilines is 3. The molecule has 2 aliphatic rings. The summed E-state index contributed by atoms with van der Waals surface area (Å²) in [5.41, 5.74) is 14.4. The molecule has 1 aromatic carbocycles. The zero-order valence-corrected chi connectivity index (χ0v) is 19.6. The Hall–Kier alpha value is -3.57. The third kappa shape index (κ3) is 5.10. The summed E-state index contributed by atoms with van der Waals surface area (Å²) < 4.78 is 28.8. The molecule has 2 saturated heterocycles. The minimum Gasteiger partial charge on any atom is -0.369 e. The van der Waals surface area contributed by atoms with Gasteiger partial charge in [-0.2, -0.15) is 15.1 Å². The lowest BCUT2D eigenvalue weighted by Crippen LogP contribution is -2.56. The number of piperazine rings is 1. The normalized spacial score (nSPS) is 17.4. The van der Waals surface area contributed by atoms with Gasteiger partial charge in [0.1, 0.15) is 17.5 Å². The van der Waals surface area contributed by atoms with E-state index in [9.17, 15) is 8.78 Å². The van der Waals surface area contributed by atoms with Gasteiger partial charge < -0.3 is 21.3 Å². The van der Waals surface area contributed by atoms with Crippen LogP contribution in [-0.4, -0.2) is 76.5 Å². The van der Waals surface area contributed by atoms with Gasteiger partial charge in [0.15, 0.2) is 5.82 Å². The van der Waals surface area contributed by atoms with Crippen LogP contribution in [0.5, 0.6) is 0 Å². The van der Waals surface area contributed by atoms with Crippen LogP contribution in [0.25, 0.3) is 11.9 Å². The average molecular weight is 482 g/mol. The fraction of sp³-hybridized carbons (Fsp3) is 0.375. The van der Waals surface area contributed by atoms with Crippen molar-refractivity contribution in [1.29, 1.82) is 0 Å². The highest BCUT2D eigenvalue weighted by Crippen LogP contribution is 2.23. The van der Waals surface area contributed by atoms with Crippen molar-refractivity contribution in [3.8, 4) is 5.82 Å². The molecule has 11 heteroatoms. The molecule has 0 radical (unpaired) electrons. The predicted octanol–water partition coefficient (Wildman–Crippen LogP) is 1.81. The SMILES string of the molecule is Cc1c(C=CCN2CCN(c3cc(F)cc(F)c3)CC2)cnn1-c1cc(N2CC(N)C2)nc(N)n1. The molecule has 0 atom stereocenters. The van der Waals surface area contributed by atoms with Gasteiger partial charge >= 0.3 is 0 Å². The Bertz CT molecular complexity index is 1210. The Morgan fingerprint density at radius 1 is 0.971 bits per heavy atom. The minimum atomic E-state index is -0.549. The molecule has 0 aliphatic carbocycles. The molecule has 4 N–H and O–H groups in total. The number of halogens is 2. The molecule has 0 amide bonds. The second kappa shape index (κ2) is 9.59. The minimum absolute atomic E-state index is 0.158. The number of aromatic nitrogens is 4. The molecule has 9 nitrogen and oxygen atoms in total. The third-order valence-corrected chi connectivity index (χ3v) is 6.46. The Kier molecular flexibility index (Phi) is 6.35. The van der Waals surface area contributed by atoms with E-state index in [-0.39, 0.29) is 12.0 Å². The van der Waals surface area contributed by atoms with Gasteiger partial charge in [-0.25, -0.2) is 13.5 Å². The predicted molar refractivity (Wildman–Crippen MR) is 133 cm³/mol. The molecule has 0 saturated carbocycles. The maximum absolute atomic E-state index is 13.5. The molecule has 2 aromatic heterocycles. The van der Waals surface area contributed by atoms with Crippen LogP contribution in [0.3, 0.4) is 0 Å². The topological polar surface area (TPSA) is 105 Å². The van der Waals surface area contributed by atoms with Gasteiger partial charge in [-0.15, -0.1) is 0 Å². The molecule has 5 rings (SSSR count). The molecule has 0 spiro atoms. The standard InChI is InChI=1S/C24H29F2N9/c1-16-17(13-29-35(16)23-12-22(30-24(28)31-23)34-14-20(27)15-34)3-2-4-32-5-7-33(8-6-32)21-10-18(25)9-19(26)11-21/h2-3,9-13,20H,4-8,14-15,27H2,1H3,(H2,28,30,31). The van der Waals surface area contributed by atoms with Crippen LogP contribution >= 0.6 is 0 Å². The Balaban J connectivity index is 1.20. The van der Waals surface area contributed by atoms with Crippen LogP contribution in [0.15, 0.2) is 36.5 Å². The Labute approximate surface area is 202 Å². The first-order chi connectivity index (χ1) is 16.9. The highest BCUT2D eigenvalue weighted by molar-refractivity contribution is 5.55. The van der Waals surface area contributed by atoms with Crippen molar-refractivity contribution < 1.29 is 8.78 Å². The van der Waals surface area contributed by atoms with Crippen molar-refractivity contribution in [2.45, 2.75) is 13.0 Å². The van der Waals surface area contributed by atoms with Gasteiger partial charge in [0.25, 0.3) is 0 Å². The van der Waals surface area contributed by atoms with E-state index in [0.717, 1.165) is 55.9 Å². The second-order valence-electron chi connectivity index (χ2n) is 9.02. The molecule has 0 unspecified atom stereocenters. The largest absolute Gasteiger partial charge is 0.369 e. The first-order valence-corrected chi connectivity index (χ1v) is 11.7. The summed E-state index contributed by atoms with van der Waals surface area (Å²) >= 11 is 0. The fourth-order valence-corrected chi connectivity index (χ4v) is 4.47. The smallest absolute Gasteiger partial charge is 0.224 e. The van der Waals surface area contributed by atoms with Crippen molar-refractivity contribution in [2.75, 3.05) is 61.3 Å². The first kappa shape index (κ1) is 23.2. The van der Waals surface area contributed by atoms with E-state index in [4.69, 9.17) is 11.5 Å². The van der Waals surface area contributed by atoms with Crippen LogP contribution < -0.4 is 21.3 Å². The van der Waals surface area contributed by atoms with E-state index in [1.54, 1.807) is 10.9 Å². The lowest BCUT2D eigenvalue weighted by atomic mass is 10.1. The van der Waals surface area contributed by atoms with E-state index in [1.807, 2.05) is 24.0 Å². The number of nitrogens with two attached hydrogens (primary N) is 2. The number of hydrogen-bond donors (Lipinski definition) is 2. The van der Waals surface area contributed by atoms with Crippen LogP contribution in [0.1, 0.15) is 11.3 Å². The van der Waals surface area contributed by atoms with E-state index in [0.29, 0.717) is 24.6 Å². The number of hydrogen-bond acceptors (Lipinski definition) is 8. The zero-order valence-electron chi connectivity index (χ0n) is 19.6. The van der Waals surface area contributed by atoms with Gasteiger partial charge in [0, 0.05) is 75.2 Å². The molecule has 2 aliphatic heterocycles. The van der Waals surface area contributed by atoms with Crippen LogP contribution in [0.4, 0.5) is 26.2 Å². The molecule has 2 fully saturated rings. The molecular formula is C24H29F2N9. The van der Waals surface area contributed by atoms with Crippen molar-refractivity contribution in [2.24, 2.45) is 5.73 Å². The summed E-state index contributed by atoms with van der Waals surface area (Å²) in [6.07, 6.45) is 5.96. The first-order valence-electron chi connectivity index (χ1n) is 11.7. The maximum Gasteiger partial charge on any atom is 0.224 e. The molecule has 0 bridgehead atoms. The van der Waals surface area contributed by atoms with E-state index >= 15 is 0 Å². The van der Waals surface area contributed by atoms with Crippen molar-refractivity contribution >= 4 is 23.5 Å². The van der Waals surface area contributed by atoms with Crippen molar-refractivity contribution in [1.82, 2.24) is 24.6 Å². The highest BCUT2D eigenvalue weighted by atomic mass is 19.1. The zero-order chi connectivity index (χ0) is 24.5. The lowest BCUT2D eigenvalue weighted by molar-refractivity contribution is 0.284. The monoisotopic (exact) mass is 481 g/mol. The van der Waals surface area contributed by atoms with Crippen molar-refractivity contribution in [3.05, 3.63) is 59.4 Å². The molecule has 4 heterocycles. The summed E-state index contributed by atoms with van der Waals surface area (Å²) in [5.74, 6) is 0.472. The molecular weight excluding hydrogens is 452 g/mol. The third-order valence-electron chi connectivity index (χ3n) is 6.46. The van der Waals surface area contributed by atoms with E-state index < -0.39 is 11.6 Å². The van der Waals surface area contributed by atoms with E-state index in [1.165, 1.54) is 12.1 Å². The molecule has 35 heavy (non-hydrogen) atoms. The summed E-state index contributed by atoms with van der Waals surface area (Å²) in [7, 11) is 0. The lowest BCUT2D eigenvalue weighted by Gasteiger charge is -2.37. The number of rotatable bonds is 6. The van der Waals surface area contributed by atoms with Crippen LogP contribution in [-0.2, 0) is 0 Å². The van der Waals surface area contributed by atoms with Gasteiger partial charge in [-0.3, -0.25) is 4.90 Å². The van der Waals surface area contributed by atoms with Gasteiger partial charge in [0.2, 0.25) is 5.95 Å². The summed E-state index contributed by atoms with van der Waals surface area (Å²) in [5, 5.41) is 4.50. The maximum atomic E-state index is 13.5. The molecule has 184 valence electrons. The number of nitrogen functional groups attached to an aromatic ring is 1. The Morgan fingerprint density at radius 3 is 2.34 bits per heavy atom. The Morgan fingerprint density at radius 2 is 1.66 bits per heavy atom. The fourth-order valence-electron chi connectivity index (χ4n) is 4.47. The summed E-state index contributed by atoms with van der Waals surface area (Å²) in [4.78, 5) is 15.1. The number of benzene rings is 1. The van der Waals surface area contributed by atoms with E-state index in [2.05, 4.69) is 30.9 Å². The van der Waals surface area contributed by atoms with Gasteiger partial charge in [-0.1, -0.05) is 12.2 Å².